The molecule has 0 nitrogen and oxygen atoms in total. The Labute approximate surface area is 76.7 Å². The highest BCUT2D eigenvalue weighted by atomic mass is 32.1. The van der Waals surface area contributed by atoms with Gasteiger partial charge in [0, 0.05) is 11.8 Å². The van der Waals surface area contributed by atoms with Crippen molar-refractivity contribution < 1.29 is 4.39 Å². The summed E-state index contributed by atoms with van der Waals surface area (Å²) in [5.41, 5.74) is 1.89. The van der Waals surface area contributed by atoms with E-state index >= 15 is 0 Å². The molecule has 0 saturated carbocycles. The number of hydrogen-bond acceptors (Lipinski definition) is 1. The van der Waals surface area contributed by atoms with Crippen molar-refractivity contribution in [3.05, 3.63) is 47.8 Å². The average molecular weight is 180 g/mol. The van der Waals surface area contributed by atoms with Crippen LogP contribution in [0.25, 0.3) is 0 Å². The van der Waals surface area contributed by atoms with Crippen LogP contribution in [0.15, 0.2) is 36.7 Å². The molecule has 0 atom stereocenters. The standard InChI is InChI=1S/C10H9FS/c1-8(11)6-9-2-4-10(7-12)5-3-9/h2-5,7H,1,6H2. The van der Waals surface area contributed by atoms with E-state index in [4.69, 9.17) is 12.2 Å². The molecule has 0 heterocycles. The highest BCUT2D eigenvalue weighted by Crippen LogP contribution is 2.08. The van der Waals surface area contributed by atoms with E-state index in [1.807, 2.05) is 24.3 Å². The molecule has 62 valence electrons. The molecule has 2 heteroatoms. The smallest absolute Gasteiger partial charge is 0.0971 e. The monoisotopic (exact) mass is 180 g/mol. The van der Waals surface area contributed by atoms with Crippen LogP contribution in [0.1, 0.15) is 11.1 Å². The molecule has 0 aromatic heterocycles. The van der Waals surface area contributed by atoms with Crippen molar-refractivity contribution in [3.63, 3.8) is 0 Å². The van der Waals surface area contributed by atoms with Crippen LogP contribution in [-0.4, -0.2) is 5.37 Å². The molecule has 0 saturated heterocycles. The first kappa shape index (κ1) is 9.07. The van der Waals surface area contributed by atoms with Gasteiger partial charge in [-0.2, -0.15) is 0 Å². The molecule has 0 fully saturated rings. The summed E-state index contributed by atoms with van der Waals surface area (Å²) < 4.78 is 12.3. The summed E-state index contributed by atoms with van der Waals surface area (Å²) in [6.45, 7) is 3.20. The van der Waals surface area contributed by atoms with Crippen LogP contribution in [0.3, 0.4) is 0 Å². The molecule has 0 aliphatic carbocycles. The van der Waals surface area contributed by atoms with Gasteiger partial charge in [-0.15, -0.1) is 0 Å². The topological polar surface area (TPSA) is 0 Å². The van der Waals surface area contributed by atoms with Gasteiger partial charge in [-0.05, 0) is 11.1 Å². The van der Waals surface area contributed by atoms with Crippen LogP contribution in [0.4, 0.5) is 4.39 Å². The lowest BCUT2D eigenvalue weighted by molar-refractivity contribution is 0.617. The minimum Gasteiger partial charge on any atom is -0.212 e. The Balaban J connectivity index is 2.77. The molecule has 0 N–H and O–H groups in total. The number of halogens is 1. The zero-order valence-electron chi connectivity index (χ0n) is 6.59. The van der Waals surface area contributed by atoms with Crippen LogP contribution in [0.5, 0.6) is 0 Å². The van der Waals surface area contributed by atoms with Crippen LogP contribution in [0, 0.1) is 0 Å². The normalized spacial score (nSPS) is 9.42. The number of hydrogen-bond donors (Lipinski definition) is 0. The quantitative estimate of drug-likeness (QED) is 0.644. The summed E-state index contributed by atoms with van der Waals surface area (Å²) in [6, 6.07) is 7.43. The molecule has 0 unspecified atom stereocenters. The van der Waals surface area contributed by atoms with Crippen LogP contribution in [-0.2, 0) is 6.42 Å². The molecule has 1 rings (SSSR count). The highest BCUT2D eigenvalue weighted by Gasteiger charge is 1.94. The van der Waals surface area contributed by atoms with Gasteiger partial charge in [-0.25, -0.2) is 4.39 Å². The first-order valence-electron chi connectivity index (χ1n) is 3.60. The Morgan fingerprint density at radius 3 is 2.42 bits per heavy atom. The molecule has 0 aliphatic heterocycles. The lowest BCUT2D eigenvalue weighted by Gasteiger charge is -1.97. The summed E-state index contributed by atoms with van der Waals surface area (Å²) in [6.07, 6.45) is 0.289. The van der Waals surface area contributed by atoms with Gasteiger partial charge in [0.15, 0.2) is 0 Å². The molecule has 0 aliphatic rings. The van der Waals surface area contributed by atoms with E-state index in [9.17, 15) is 4.39 Å². The third kappa shape index (κ3) is 2.55. The largest absolute Gasteiger partial charge is 0.212 e. The Kier molecular flexibility index (Phi) is 3.11. The van der Waals surface area contributed by atoms with Gasteiger partial charge in [0.2, 0.25) is 0 Å². The fraction of sp³-hybridized carbons (Fsp3) is 0.100. The van der Waals surface area contributed by atoms with E-state index in [1.54, 1.807) is 5.37 Å². The van der Waals surface area contributed by atoms with Gasteiger partial charge in [-0.3, -0.25) is 0 Å². The van der Waals surface area contributed by atoms with Crippen molar-refractivity contribution in [3.8, 4) is 0 Å². The van der Waals surface area contributed by atoms with Crippen LogP contribution in [0.2, 0.25) is 0 Å². The number of thiocarbonyl (C=S) groups is 1. The first-order chi connectivity index (χ1) is 5.72. The van der Waals surface area contributed by atoms with Gasteiger partial charge >= 0.3 is 0 Å². The number of rotatable bonds is 3. The Morgan fingerprint density at radius 1 is 1.42 bits per heavy atom. The average Bonchev–Trinajstić information content (AvgIpc) is 2.05. The van der Waals surface area contributed by atoms with Crippen LogP contribution < -0.4 is 0 Å². The van der Waals surface area contributed by atoms with Crippen molar-refractivity contribution >= 4 is 17.6 Å². The predicted molar refractivity (Wildman–Crippen MR) is 53.2 cm³/mol. The number of allylic oxidation sites excluding steroid dienone is 1. The summed E-state index contributed by atoms with van der Waals surface area (Å²) in [7, 11) is 0. The molecule has 12 heavy (non-hydrogen) atoms. The molecular formula is C10H9FS. The Bertz CT molecular complexity index is 287. The second-order valence-electron chi connectivity index (χ2n) is 2.55. The second kappa shape index (κ2) is 4.12. The van der Waals surface area contributed by atoms with Crippen molar-refractivity contribution in [2.24, 2.45) is 0 Å². The third-order valence-electron chi connectivity index (χ3n) is 1.51. The van der Waals surface area contributed by atoms with Crippen molar-refractivity contribution in [1.82, 2.24) is 0 Å². The summed E-state index contributed by atoms with van der Waals surface area (Å²) >= 11 is 4.73. The predicted octanol–water partition coefficient (Wildman–Crippen LogP) is 3.06. The zero-order chi connectivity index (χ0) is 8.97. The van der Waals surface area contributed by atoms with Crippen molar-refractivity contribution in [1.29, 1.82) is 0 Å². The SMILES string of the molecule is C=C(F)Cc1ccc(C=S)cc1. The summed E-state index contributed by atoms with van der Waals surface area (Å²) in [4.78, 5) is 0. The zero-order valence-corrected chi connectivity index (χ0v) is 7.40. The molecule has 1 aromatic rings. The first-order valence-corrected chi connectivity index (χ1v) is 4.07. The molecular weight excluding hydrogens is 171 g/mol. The van der Waals surface area contributed by atoms with Gasteiger partial charge in [-0.1, -0.05) is 43.1 Å². The highest BCUT2D eigenvalue weighted by molar-refractivity contribution is 7.79. The molecule has 0 amide bonds. The van der Waals surface area contributed by atoms with E-state index in [1.165, 1.54) is 0 Å². The maximum atomic E-state index is 12.3. The Hall–Kier alpha value is -1.02. The number of benzene rings is 1. The summed E-state index contributed by atoms with van der Waals surface area (Å²) in [5.74, 6) is -0.315. The molecule has 0 spiro atoms. The minimum absolute atomic E-state index is 0.289. The van der Waals surface area contributed by atoms with E-state index in [0.29, 0.717) is 0 Å². The summed E-state index contributed by atoms with van der Waals surface area (Å²) in [5, 5.41) is 1.59. The fourth-order valence-electron chi connectivity index (χ4n) is 0.936. The maximum absolute atomic E-state index is 12.3. The van der Waals surface area contributed by atoms with E-state index in [0.717, 1.165) is 11.1 Å². The maximum Gasteiger partial charge on any atom is 0.0971 e. The minimum atomic E-state index is -0.315. The lowest BCUT2D eigenvalue weighted by Crippen LogP contribution is -1.85. The van der Waals surface area contributed by atoms with Gasteiger partial charge in [0.05, 0.1) is 5.83 Å². The van der Waals surface area contributed by atoms with E-state index < -0.39 is 0 Å². The molecule has 1 aromatic carbocycles. The van der Waals surface area contributed by atoms with Crippen molar-refractivity contribution in [2.45, 2.75) is 6.42 Å². The van der Waals surface area contributed by atoms with E-state index in [-0.39, 0.29) is 12.2 Å². The second-order valence-corrected chi connectivity index (χ2v) is 2.79. The van der Waals surface area contributed by atoms with Gasteiger partial charge in [0.25, 0.3) is 0 Å². The lowest BCUT2D eigenvalue weighted by atomic mass is 10.1. The Morgan fingerprint density at radius 2 is 2.00 bits per heavy atom. The molecule has 0 bridgehead atoms. The van der Waals surface area contributed by atoms with Crippen molar-refractivity contribution in [2.75, 3.05) is 0 Å². The third-order valence-corrected chi connectivity index (χ3v) is 1.78. The fourth-order valence-corrected chi connectivity index (χ4v) is 1.09. The van der Waals surface area contributed by atoms with Gasteiger partial charge in [0.1, 0.15) is 0 Å². The van der Waals surface area contributed by atoms with Gasteiger partial charge < -0.3 is 0 Å². The molecule has 0 radical (unpaired) electrons. The van der Waals surface area contributed by atoms with Crippen LogP contribution >= 0.6 is 12.2 Å². The van der Waals surface area contributed by atoms with E-state index in [2.05, 4.69) is 6.58 Å².